The zero-order chi connectivity index (χ0) is 20.6. The fourth-order valence-corrected chi connectivity index (χ4v) is 3.57. The van der Waals surface area contributed by atoms with Crippen molar-refractivity contribution in [3.05, 3.63) is 29.3 Å². The number of hydrogen-bond donors (Lipinski definition) is 0. The van der Waals surface area contributed by atoms with Gasteiger partial charge in [-0.3, -0.25) is 9.05 Å². The minimum atomic E-state index is -1.51. The second-order valence-corrected chi connectivity index (χ2v) is 11.9. The van der Waals surface area contributed by atoms with Crippen LogP contribution >= 0.6 is 8.60 Å². The van der Waals surface area contributed by atoms with Crippen LogP contribution in [0.3, 0.4) is 0 Å². The summed E-state index contributed by atoms with van der Waals surface area (Å²) in [5.41, 5.74) is 1.84. The van der Waals surface area contributed by atoms with Crippen molar-refractivity contribution in [2.45, 2.75) is 105 Å². The highest BCUT2D eigenvalue weighted by Crippen LogP contribution is 2.49. The van der Waals surface area contributed by atoms with Gasteiger partial charge in [-0.05, 0) is 64.0 Å². The molecule has 0 spiro atoms. The van der Waals surface area contributed by atoms with E-state index in [4.69, 9.17) is 13.6 Å². The maximum Gasteiger partial charge on any atom is 0.398 e. The zero-order valence-electron chi connectivity index (χ0n) is 18.9. The Hall–Kier alpha value is -0.630. The van der Waals surface area contributed by atoms with Gasteiger partial charge in [0, 0.05) is 5.56 Å². The molecular weight excluding hydrogens is 343 g/mol. The van der Waals surface area contributed by atoms with E-state index in [0.29, 0.717) is 0 Å². The van der Waals surface area contributed by atoms with Crippen molar-refractivity contribution in [3.8, 4) is 5.75 Å². The van der Waals surface area contributed by atoms with Crippen molar-refractivity contribution >= 4 is 8.60 Å². The van der Waals surface area contributed by atoms with E-state index in [1.54, 1.807) is 0 Å². The fraction of sp³-hybridized carbons (Fsp3) is 0.727. The van der Waals surface area contributed by atoms with E-state index in [9.17, 15) is 0 Å². The molecule has 1 rings (SSSR count). The molecule has 0 aliphatic rings. The van der Waals surface area contributed by atoms with Gasteiger partial charge < -0.3 is 4.52 Å². The maximum atomic E-state index is 6.31. The van der Waals surface area contributed by atoms with Gasteiger partial charge in [0.1, 0.15) is 5.75 Å². The second-order valence-electron chi connectivity index (χ2n) is 10.9. The molecule has 0 bridgehead atoms. The number of hydrogen-bond acceptors (Lipinski definition) is 3. The monoisotopic (exact) mass is 382 g/mol. The smallest absolute Gasteiger partial charge is 0.398 e. The van der Waals surface area contributed by atoms with E-state index >= 15 is 0 Å². The van der Waals surface area contributed by atoms with Crippen molar-refractivity contribution in [1.82, 2.24) is 0 Å². The lowest BCUT2D eigenvalue weighted by Gasteiger charge is -2.32. The van der Waals surface area contributed by atoms with Gasteiger partial charge in [0.05, 0.1) is 11.2 Å². The van der Waals surface area contributed by atoms with E-state index in [0.717, 1.165) is 5.75 Å². The van der Waals surface area contributed by atoms with Gasteiger partial charge in [-0.25, -0.2) is 0 Å². The molecule has 26 heavy (non-hydrogen) atoms. The third kappa shape index (κ3) is 7.94. The zero-order valence-corrected chi connectivity index (χ0v) is 19.8. The molecule has 3 nitrogen and oxygen atoms in total. The first kappa shape index (κ1) is 23.4. The summed E-state index contributed by atoms with van der Waals surface area (Å²) >= 11 is 0. The van der Waals surface area contributed by atoms with Crippen LogP contribution in [0.1, 0.15) is 94.2 Å². The van der Waals surface area contributed by atoms with E-state index in [1.807, 2.05) is 41.5 Å². The Morgan fingerprint density at radius 3 is 1.46 bits per heavy atom. The van der Waals surface area contributed by atoms with Gasteiger partial charge in [-0.15, -0.1) is 0 Å². The first-order chi connectivity index (χ1) is 11.4. The molecule has 4 heteroatoms. The lowest BCUT2D eigenvalue weighted by molar-refractivity contribution is 0.0502. The van der Waals surface area contributed by atoms with Gasteiger partial charge in [0.2, 0.25) is 0 Å². The van der Waals surface area contributed by atoms with Crippen LogP contribution in [0.4, 0.5) is 0 Å². The van der Waals surface area contributed by atoms with Gasteiger partial charge >= 0.3 is 8.60 Å². The van der Waals surface area contributed by atoms with Gasteiger partial charge in [0.15, 0.2) is 0 Å². The second kappa shape index (κ2) is 7.78. The summed E-state index contributed by atoms with van der Waals surface area (Å²) < 4.78 is 18.5. The number of rotatable bonds is 4. The topological polar surface area (TPSA) is 27.7 Å². The predicted octanol–water partition coefficient (Wildman–Crippen LogP) is 7.52. The normalized spacial score (nSPS) is 14.0. The highest BCUT2D eigenvalue weighted by Gasteiger charge is 2.31. The fourth-order valence-electron chi connectivity index (χ4n) is 2.25. The van der Waals surface area contributed by atoms with Crippen molar-refractivity contribution in [1.29, 1.82) is 0 Å². The molecule has 0 N–H and O–H groups in total. The summed E-state index contributed by atoms with van der Waals surface area (Å²) in [4.78, 5) is 0. The van der Waals surface area contributed by atoms with E-state index in [-0.39, 0.29) is 22.0 Å². The summed E-state index contributed by atoms with van der Waals surface area (Å²) in [6.45, 7) is 25.4. The minimum absolute atomic E-state index is 0.0406. The molecule has 0 aliphatic heterocycles. The van der Waals surface area contributed by atoms with Crippen LogP contribution in [0.5, 0.6) is 5.75 Å². The largest absolute Gasteiger partial charge is 0.426 e. The molecule has 0 saturated carbocycles. The summed E-state index contributed by atoms with van der Waals surface area (Å²) in [7, 11) is -1.51. The highest BCUT2D eigenvalue weighted by atomic mass is 31.2. The molecular formula is C22H39O3P. The molecule has 1 aromatic carbocycles. The Kier molecular flexibility index (Phi) is 7.00. The third-order valence-corrected chi connectivity index (χ3v) is 5.26. The Morgan fingerprint density at radius 2 is 1.12 bits per heavy atom. The average Bonchev–Trinajstić information content (AvgIpc) is 2.31. The quantitative estimate of drug-likeness (QED) is 0.504. The van der Waals surface area contributed by atoms with Gasteiger partial charge in [-0.2, -0.15) is 0 Å². The summed E-state index contributed by atoms with van der Waals surface area (Å²) in [6.07, 6.45) is 0. The summed E-state index contributed by atoms with van der Waals surface area (Å²) in [5.74, 6) is 0.838. The molecule has 0 saturated heterocycles. The van der Waals surface area contributed by atoms with Crippen LogP contribution in [0.25, 0.3) is 0 Å². The van der Waals surface area contributed by atoms with Crippen molar-refractivity contribution in [2.75, 3.05) is 0 Å². The molecule has 0 heterocycles. The van der Waals surface area contributed by atoms with Gasteiger partial charge in [0.25, 0.3) is 0 Å². The van der Waals surface area contributed by atoms with E-state index in [1.165, 1.54) is 11.1 Å². The molecule has 1 aromatic rings. The summed E-state index contributed by atoms with van der Waals surface area (Å²) in [5, 5.41) is 0. The molecule has 0 atom stereocenters. The minimum Gasteiger partial charge on any atom is -0.426 e. The average molecular weight is 383 g/mol. The van der Waals surface area contributed by atoms with Crippen molar-refractivity contribution < 1.29 is 13.6 Å². The Labute approximate surface area is 162 Å². The lowest BCUT2D eigenvalue weighted by atomic mass is 9.80. The van der Waals surface area contributed by atoms with Crippen LogP contribution in [0.2, 0.25) is 0 Å². The van der Waals surface area contributed by atoms with Crippen LogP contribution < -0.4 is 4.52 Å². The van der Waals surface area contributed by atoms with Crippen molar-refractivity contribution in [2.24, 2.45) is 0 Å². The summed E-state index contributed by atoms with van der Waals surface area (Å²) in [6, 6.07) is 6.47. The van der Waals surface area contributed by atoms with E-state index < -0.39 is 8.60 Å². The molecule has 0 aromatic heterocycles. The predicted molar refractivity (Wildman–Crippen MR) is 113 cm³/mol. The molecule has 0 amide bonds. The first-order valence-electron chi connectivity index (χ1n) is 9.40. The Morgan fingerprint density at radius 1 is 0.654 bits per heavy atom. The number of benzene rings is 1. The highest BCUT2D eigenvalue weighted by molar-refractivity contribution is 7.42. The van der Waals surface area contributed by atoms with Crippen LogP contribution in [-0.4, -0.2) is 11.2 Å². The standard InChI is InChI=1S/C22H39O3P/c1-19(2,3)16-13-14-18(17(15-16)20(4,5)6)23-26(24-21(7,8)9)25-22(10,11)12/h13-15H,1-12H3. The van der Waals surface area contributed by atoms with E-state index in [2.05, 4.69) is 59.7 Å². The van der Waals surface area contributed by atoms with Gasteiger partial charge in [-0.1, -0.05) is 53.7 Å². The Bertz CT molecular complexity index is 580. The molecule has 0 fully saturated rings. The molecule has 0 radical (unpaired) electrons. The SMILES string of the molecule is CC(C)(C)OP(Oc1ccc(C(C)(C)C)cc1C(C)(C)C)OC(C)(C)C. The van der Waals surface area contributed by atoms with Crippen LogP contribution in [0.15, 0.2) is 18.2 Å². The van der Waals surface area contributed by atoms with Crippen LogP contribution in [-0.2, 0) is 19.9 Å². The lowest BCUT2D eigenvalue weighted by Crippen LogP contribution is -2.24. The molecule has 150 valence electrons. The van der Waals surface area contributed by atoms with Crippen molar-refractivity contribution in [3.63, 3.8) is 0 Å². The molecule has 0 aliphatic carbocycles. The third-order valence-electron chi connectivity index (χ3n) is 3.52. The first-order valence-corrected chi connectivity index (χ1v) is 10.5. The van der Waals surface area contributed by atoms with Crippen LogP contribution in [0, 0.1) is 0 Å². The molecule has 0 unspecified atom stereocenters. The Balaban J connectivity index is 3.29. The maximum absolute atomic E-state index is 6.31.